The van der Waals surface area contributed by atoms with Crippen molar-refractivity contribution in [2.45, 2.75) is 45.9 Å². The van der Waals surface area contributed by atoms with Gasteiger partial charge in [-0.25, -0.2) is 4.98 Å². The number of rotatable bonds is 5. The third-order valence-electron chi connectivity index (χ3n) is 3.49. The summed E-state index contributed by atoms with van der Waals surface area (Å²) in [5.41, 5.74) is 1.27. The maximum Gasteiger partial charge on any atom is 0.133 e. The van der Waals surface area contributed by atoms with Crippen LogP contribution in [0.4, 0.5) is 5.82 Å². The molecular formula is C15H25N3O. The molecule has 1 saturated heterocycles. The number of morpholine rings is 1. The van der Waals surface area contributed by atoms with Crippen LogP contribution in [-0.4, -0.2) is 36.8 Å². The Morgan fingerprint density at radius 2 is 2.32 bits per heavy atom. The number of hydrogen-bond donors (Lipinski definition) is 1. The molecule has 0 saturated carbocycles. The number of anilines is 1. The molecule has 106 valence electrons. The summed E-state index contributed by atoms with van der Waals surface area (Å²) in [6, 6.07) is 4.56. The molecule has 0 amide bonds. The van der Waals surface area contributed by atoms with Gasteiger partial charge in [0.1, 0.15) is 5.82 Å². The molecule has 0 aromatic carbocycles. The summed E-state index contributed by atoms with van der Waals surface area (Å²) in [5, 5.41) is 3.46. The zero-order valence-corrected chi connectivity index (χ0v) is 12.2. The second-order valence-corrected chi connectivity index (χ2v) is 5.31. The Hall–Kier alpha value is -1.13. The quantitative estimate of drug-likeness (QED) is 0.826. The molecule has 1 fully saturated rings. The number of hydrogen-bond acceptors (Lipinski definition) is 4. The molecule has 1 aromatic rings. The van der Waals surface area contributed by atoms with E-state index >= 15 is 0 Å². The predicted octanol–water partition coefficient (Wildman–Crippen LogP) is 2.19. The van der Waals surface area contributed by atoms with Crippen LogP contribution in [0.15, 0.2) is 18.3 Å². The highest BCUT2D eigenvalue weighted by Gasteiger charge is 2.25. The first-order chi connectivity index (χ1) is 9.22. The van der Waals surface area contributed by atoms with E-state index in [1.807, 2.05) is 12.3 Å². The Morgan fingerprint density at radius 3 is 3.11 bits per heavy atom. The molecule has 1 aliphatic rings. The van der Waals surface area contributed by atoms with E-state index < -0.39 is 0 Å². The van der Waals surface area contributed by atoms with Crippen LogP contribution in [-0.2, 0) is 11.3 Å². The van der Waals surface area contributed by atoms with Crippen molar-refractivity contribution >= 4 is 5.82 Å². The Balaban J connectivity index is 2.13. The maximum absolute atomic E-state index is 5.70. The topological polar surface area (TPSA) is 37.4 Å². The van der Waals surface area contributed by atoms with Gasteiger partial charge >= 0.3 is 0 Å². The molecule has 19 heavy (non-hydrogen) atoms. The van der Waals surface area contributed by atoms with Gasteiger partial charge in [0.05, 0.1) is 18.8 Å². The van der Waals surface area contributed by atoms with Gasteiger partial charge in [0.2, 0.25) is 0 Å². The van der Waals surface area contributed by atoms with Crippen molar-refractivity contribution in [3.05, 3.63) is 23.9 Å². The van der Waals surface area contributed by atoms with Crippen LogP contribution < -0.4 is 10.2 Å². The van der Waals surface area contributed by atoms with Crippen molar-refractivity contribution in [1.29, 1.82) is 0 Å². The Kier molecular flexibility index (Phi) is 5.16. The van der Waals surface area contributed by atoms with E-state index in [2.05, 4.69) is 42.0 Å². The van der Waals surface area contributed by atoms with Gasteiger partial charge in [-0.3, -0.25) is 0 Å². The fraction of sp³-hybridized carbons (Fsp3) is 0.667. The molecule has 2 unspecified atom stereocenters. The van der Waals surface area contributed by atoms with Gasteiger partial charge in [0.25, 0.3) is 0 Å². The van der Waals surface area contributed by atoms with Gasteiger partial charge < -0.3 is 15.0 Å². The van der Waals surface area contributed by atoms with E-state index in [-0.39, 0.29) is 6.10 Å². The molecule has 0 aliphatic carbocycles. The van der Waals surface area contributed by atoms with Crippen molar-refractivity contribution in [3.63, 3.8) is 0 Å². The molecule has 1 aliphatic heterocycles. The lowest BCUT2D eigenvalue weighted by molar-refractivity contribution is 0.0340. The van der Waals surface area contributed by atoms with Gasteiger partial charge in [0, 0.05) is 24.8 Å². The Morgan fingerprint density at radius 1 is 1.47 bits per heavy atom. The van der Waals surface area contributed by atoms with E-state index in [0.29, 0.717) is 6.04 Å². The highest BCUT2D eigenvalue weighted by molar-refractivity contribution is 5.48. The smallest absolute Gasteiger partial charge is 0.133 e. The average Bonchev–Trinajstić information content (AvgIpc) is 2.42. The molecule has 4 heteroatoms. The van der Waals surface area contributed by atoms with Crippen LogP contribution in [0.25, 0.3) is 0 Å². The molecule has 0 bridgehead atoms. The van der Waals surface area contributed by atoms with Crippen LogP contribution in [0.5, 0.6) is 0 Å². The zero-order valence-electron chi connectivity index (χ0n) is 12.2. The standard InChI is InChI=1S/C15H25N3O/c1-4-7-16-9-14-6-5-8-17-15(14)18-10-13(3)19-11-12(18)2/h5-6,8,12-13,16H,4,7,9-11H2,1-3H3. The van der Waals surface area contributed by atoms with Gasteiger partial charge in [-0.05, 0) is 32.9 Å². The SMILES string of the molecule is CCCNCc1cccnc1N1CC(C)OCC1C. The summed E-state index contributed by atoms with van der Waals surface area (Å²) < 4.78 is 5.70. The second kappa shape index (κ2) is 6.87. The normalized spacial score (nSPS) is 23.6. The molecule has 4 nitrogen and oxygen atoms in total. The Labute approximate surface area is 116 Å². The minimum Gasteiger partial charge on any atom is -0.375 e. The first kappa shape index (κ1) is 14.3. The molecule has 2 atom stereocenters. The Bertz CT molecular complexity index is 397. The van der Waals surface area contributed by atoms with Crippen LogP contribution in [0, 0.1) is 0 Å². The summed E-state index contributed by atoms with van der Waals surface area (Å²) >= 11 is 0. The largest absolute Gasteiger partial charge is 0.375 e. The van der Waals surface area contributed by atoms with E-state index in [9.17, 15) is 0 Å². The van der Waals surface area contributed by atoms with Crippen molar-refractivity contribution < 1.29 is 4.74 Å². The maximum atomic E-state index is 5.70. The van der Waals surface area contributed by atoms with E-state index in [0.717, 1.165) is 38.5 Å². The third kappa shape index (κ3) is 3.67. The molecule has 2 heterocycles. The second-order valence-electron chi connectivity index (χ2n) is 5.31. The third-order valence-corrected chi connectivity index (χ3v) is 3.49. The molecular weight excluding hydrogens is 238 g/mol. The van der Waals surface area contributed by atoms with Gasteiger partial charge in [-0.1, -0.05) is 13.0 Å². The number of nitrogens with zero attached hydrogens (tertiary/aromatic N) is 2. The first-order valence-electron chi connectivity index (χ1n) is 7.25. The summed E-state index contributed by atoms with van der Waals surface area (Å²) in [4.78, 5) is 6.97. The fourth-order valence-electron chi connectivity index (χ4n) is 2.43. The molecule has 0 radical (unpaired) electrons. The number of ether oxygens (including phenoxy) is 1. The minimum atomic E-state index is 0.273. The van der Waals surface area contributed by atoms with Crippen molar-refractivity contribution in [2.24, 2.45) is 0 Å². The molecule has 0 spiro atoms. The van der Waals surface area contributed by atoms with Gasteiger partial charge in [-0.2, -0.15) is 0 Å². The lowest BCUT2D eigenvalue weighted by atomic mass is 10.1. The highest BCUT2D eigenvalue weighted by atomic mass is 16.5. The van der Waals surface area contributed by atoms with E-state index in [4.69, 9.17) is 4.74 Å². The molecule has 2 rings (SSSR count). The molecule has 1 aromatic heterocycles. The minimum absolute atomic E-state index is 0.273. The fourth-order valence-corrected chi connectivity index (χ4v) is 2.43. The lowest BCUT2D eigenvalue weighted by Crippen LogP contribution is -2.48. The van der Waals surface area contributed by atoms with Gasteiger partial charge in [-0.15, -0.1) is 0 Å². The van der Waals surface area contributed by atoms with Crippen LogP contribution in [0.1, 0.15) is 32.8 Å². The average molecular weight is 263 g/mol. The van der Waals surface area contributed by atoms with Crippen molar-refractivity contribution in [2.75, 3.05) is 24.6 Å². The van der Waals surface area contributed by atoms with Crippen molar-refractivity contribution in [1.82, 2.24) is 10.3 Å². The lowest BCUT2D eigenvalue weighted by Gasteiger charge is -2.38. The monoisotopic (exact) mass is 263 g/mol. The number of aromatic nitrogens is 1. The number of nitrogens with one attached hydrogen (secondary N) is 1. The van der Waals surface area contributed by atoms with E-state index in [1.54, 1.807) is 0 Å². The first-order valence-corrected chi connectivity index (χ1v) is 7.25. The van der Waals surface area contributed by atoms with Crippen molar-refractivity contribution in [3.8, 4) is 0 Å². The highest BCUT2D eigenvalue weighted by Crippen LogP contribution is 2.23. The van der Waals surface area contributed by atoms with Crippen LogP contribution in [0.3, 0.4) is 0 Å². The summed E-state index contributed by atoms with van der Waals surface area (Å²) in [5.74, 6) is 1.11. The van der Waals surface area contributed by atoms with E-state index in [1.165, 1.54) is 5.56 Å². The summed E-state index contributed by atoms with van der Waals surface area (Å²) in [6.45, 7) is 10.1. The zero-order chi connectivity index (χ0) is 13.7. The summed E-state index contributed by atoms with van der Waals surface area (Å²) in [7, 11) is 0. The van der Waals surface area contributed by atoms with Crippen LogP contribution >= 0.6 is 0 Å². The number of pyridine rings is 1. The predicted molar refractivity (Wildman–Crippen MR) is 78.5 cm³/mol. The molecule has 1 N–H and O–H groups in total. The van der Waals surface area contributed by atoms with Gasteiger partial charge in [0.15, 0.2) is 0 Å². The summed E-state index contributed by atoms with van der Waals surface area (Å²) in [6.07, 6.45) is 3.31. The van der Waals surface area contributed by atoms with Crippen LogP contribution in [0.2, 0.25) is 0 Å².